The van der Waals surface area contributed by atoms with Crippen LogP contribution in [0.2, 0.25) is 0 Å². The third-order valence-corrected chi connectivity index (χ3v) is 5.82. The minimum atomic E-state index is -0.711. The second-order valence-electron chi connectivity index (χ2n) is 4.32. The lowest BCUT2D eigenvalue weighted by atomic mass is 10.1. The van der Waals surface area contributed by atoms with Crippen LogP contribution in [-0.2, 0) is 19.1 Å². The molecule has 0 bridgehead atoms. The van der Waals surface area contributed by atoms with E-state index in [1.165, 1.54) is 20.3 Å². The third-order valence-electron chi connectivity index (χ3n) is 2.94. The van der Waals surface area contributed by atoms with Crippen molar-refractivity contribution >= 4 is 41.2 Å². The number of thioether (sulfide) groups is 2. The molecule has 2 atom stereocenters. The minimum Gasteiger partial charge on any atom is -0.468 e. The summed E-state index contributed by atoms with van der Waals surface area (Å²) >= 11 is 2.29. The summed E-state index contributed by atoms with van der Waals surface area (Å²) in [5, 5.41) is -1.42. The summed E-state index contributed by atoms with van der Waals surface area (Å²) in [6.45, 7) is 0. The normalized spacial score (nSPS) is 20.4. The molecule has 0 saturated carbocycles. The quantitative estimate of drug-likeness (QED) is 0.474. The van der Waals surface area contributed by atoms with Gasteiger partial charge in [-0.25, -0.2) is 0 Å². The van der Waals surface area contributed by atoms with Crippen LogP contribution in [-0.4, -0.2) is 42.4 Å². The van der Waals surface area contributed by atoms with E-state index < -0.39 is 22.4 Å². The zero-order chi connectivity index (χ0) is 16.1. The van der Waals surface area contributed by atoms with E-state index in [2.05, 4.69) is 0 Å². The monoisotopic (exact) mass is 338 g/mol. The molecule has 5 nitrogen and oxygen atoms in total. The van der Waals surface area contributed by atoms with Crippen LogP contribution in [0.15, 0.2) is 40.6 Å². The van der Waals surface area contributed by atoms with Gasteiger partial charge in [0.15, 0.2) is 5.78 Å². The van der Waals surface area contributed by atoms with E-state index in [0.717, 1.165) is 23.5 Å². The molecule has 1 aliphatic rings. The Morgan fingerprint density at radius 3 is 1.91 bits per heavy atom. The molecule has 1 heterocycles. The predicted octanol–water partition coefficient (Wildman–Crippen LogP) is 2.27. The number of benzene rings is 1. The molecular weight excluding hydrogens is 324 g/mol. The molecule has 1 aromatic carbocycles. The van der Waals surface area contributed by atoms with Crippen molar-refractivity contribution in [1.29, 1.82) is 0 Å². The summed E-state index contributed by atoms with van der Waals surface area (Å²) in [5.41, 5.74) is 0.548. The van der Waals surface area contributed by atoms with Gasteiger partial charge in [0.2, 0.25) is 0 Å². The van der Waals surface area contributed by atoms with Gasteiger partial charge in [-0.3, -0.25) is 14.4 Å². The molecule has 1 aromatic rings. The molecule has 1 fully saturated rings. The molecule has 0 aromatic heterocycles. The van der Waals surface area contributed by atoms with Crippen molar-refractivity contribution in [3.05, 3.63) is 46.2 Å². The second kappa shape index (κ2) is 7.51. The van der Waals surface area contributed by atoms with E-state index >= 15 is 0 Å². The van der Waals surface area contributed by atoms with Crippen molar-refractivity contribution in [2.24, 2.45) is 0 Å². The summed E-state index contributed by atoms with van der Waals surface area (Å²) in [6.07, 6.45) is 1.43. The van der Waals surface area contributed by atoms with Crippen LogP contribution in [0.25, 0.3) is 0 Å². The van der Waals surface area contributed by atoms with Crippen molar-refractivity contribution in [2.45, 2.75) is 10.5 Å². The lowest BCUT2D eigenvalue weighted by molar-refractivity contribution is -0.145. The second-order valence-corrected chi connectivity index (χ2v) is 6.94. The summed E-state index contributed by atoms with van der Waals surface area (Å²) < 4.78 is 10.0. The molecule has 0 aliphatic carbocycles. The number of esters is 2. The third kappa shape index (κ3) is 3.72. The Bertz CT molecular complexity index is 586. The molecule has 1 aliphatic heterocycles. The summed E-state index contributed by atoms with van der Waals surface area (Å²) in [4.78, 5) is 35.7. The summed E-state index contributed by atoms with van der Waals surface area (Å²) in [6, 6.07) is 8.78. The first-order valence-electron chi connectivity index (χ1n) is 6.37. The van der Waals surface area contributed by atoms with Crippen LogP contribution in [0.3, 0.4) is 0 Å². The summed E-state index contributed by atoms with van der Waals surface area (Å²) in [7, 11) is 2.53. The Balaban J connectivity index is 2.19. The maximum absolute atomic E-state index is 12.2. The van der Waals surface area contributed by atoms with Gasteiger partial charge in [0.05, 0.1) is 14.2 Å². The Kier molecular flexibility index (Phi) is 5.68. The SMILES string of the molecule is COC(=O)[C@H]1SC(=CC(=O)c2ccccc2)S[C@@H]1C(=O)OC. The fourth-order valence-corrected chi connectivity index (χ4v) is 4.72. The molecule has 2 rings (SSSR count). The van der Waals surface area contributed by atoms with Gasteiger partial charge in [0.1, 0.15) is 10.5 Å². The molecule has 0 spiro atoms. The Hall–Kier alpha value is -1.73. The highest BCUT2D eigenvalue weighted by Crippen LogP contribution is 2.48. The van der Waals surface area contributed by atoms with Crippen molar-refractivity contribution in [3.8, 4) is 0 Å². The van der Waals surface area contributed by atoms with Gasteiger partial charge < -0.3 is 9.47 Å². The molecule has 1 saturated heterocycles. The molecule has 22 heavy (non-hydrogen) atoms. The topological polar surface area (TPSA) is 69.7 Å². The van der Waals surface area contributed by atoms with Crippen LogP contribution in [0.4, 0.5) is 0 Å². The number of hydrogen-bond acceptors (Lipinski definition) is 7. The van der Waals surface area contributed by atoms with Crippen molar-refractivity contribution in [1.82, 2.24) is 0 Å². The summed E-state index contributed by atoms with van der Waals surface area (Å²) in [5.74, 6) is -1.20. The number of allylic oxidation sites excluding steroid dienone is 1. The molecular formula is C15H14O5S2. The molecule has 0 unspecified atom stereocenters. The number of hydrogen-bond donors (Lipinski definition) is 0. The van der Waals surface area contributed by atoms with E-state index in [-0.39, 0.29) is 5.78 Å². The average molecular weight is 338 g/mol. The van der Waals surface area contributed by atoms with E-state index in [4.69, 9.17) is 9.47 Å². The highest BCUT2D eigenvalue weighted by Gasteiger charge is 2.43. The highest BCUT2D eigenvalue weighted by molar-refractivity contribution is 8.26. The molecule has 7 heteroatoms. The van der Waals surface area contributed by atoms with Crippen molar-refractivity contribution < 1.29 is 23.9 Å². The van der Waals surface area contributed by atoms with E-state index in [1.54, 1.807) is 24.3 Å². The standard InChI is InChI=1S/C15H14O5S2/c1-19-14(17)12-13(15(18)20-2)22-11(21-12)8-10(16)9-6-4-3-5-7-9/h3-8,12-13H,1-2H3/t12-,13-/m0/s1. The molecule has 0 amide bonds. The predicted molar refractivity (Wildman–Crippen MR) is 85.6 cm³/mol. The highest BCUT2D eigenvalue weighted by atomic mass is 32.2. The van der Waals surface area contributed by atoms with Crippen molar-refractivity contribution in [3.63, 3.8) is 0 Å². The number of ketones is 1. The first kappa shape index (κ1) is 16.6. The van der Waals surface area contributed by atoms with Crippen LogP contribution < -0.4 is 0 Å². The van der Waals surface area contributed by atoms with Gasteiger partial charge >= 0.3 is 11.9 Å². The van der Waals surface area contributed by atoms with Crippen LogP contribution in [0, 0.1) is 0 Å². The molecule has 0 radical (unpaired) electrons. The lowest BCUT2D eigenvalue weighted by Crippen LogP contribution is -2.33. The Morgan fingerprint density at radius 2 is 1.45 bits per heavy atom. The first-order chi connectivity index (χ1) is 10.6. The molecule has 116 valence electrons. The first-order valence-corrected chi connectivity index (χ1v) is 8.12. The van der Waals surface area contributed by atoms with Gasteiger partial charge in [0, 0.05) is 15.9 Å². The fourth-order valence-electron chi connectivity index (χ4n) is 1.84. The van der Waals surface area contributed by atoms with Crippen molar-refractivity contribution in [2.75, 3.05) is 14.2 Å². The van der Waals surface area contributed by atoms with Gasteiger partial charge in [-0.05, 0) is 0 Å². The number of carbonyl (C=O) groups is 3. The number of carbonyl (C=O) groups excluding carboxylic acids is 3. The number of rotatable bonds is 4. The zero-order valence-electron chi connectivity index (χ0n) is 12.0. The van der Waals surface area contributed by atoms with Gasteiger partial charge in [-0.15, -0.1) is 23.5 Å². The van der Waals surface area contributed by atoms with Gasteiger partial charge in [-0.1, -0.05) is 30.3 Å². The van der Waals surface area contributed by atoms with Crippen LogP contribution in [0.1, 0.15) is 10.4 Å². The number of methoxy groups -OCH3 is 2. The smallest absolute Gasteiger partial charge is 0.320 e. The van der Waals surface area contributed by atoms with E-state index in [1.807, 2.05) is 6.07 Å². The Morgan fingerprint density at radius 1 is 0.955 bits per heavy atom. The number of ether oxygens (including phenoxy) is 2. The zero-order valence-corrected chi connectivity index (χ0v) is 13.6. The van der Waals surface area contributed by atoms with Crippen LogP contribution >= 0.6 is 23.5 Å². The van der Waals surface area contributed by atoms with E-state index in [9.17, 15) is 14.4 Å². The van der Waals surface area contributed by atoms with Gasteiger partial charge in [-0.2, -0.15) is 0 Å². The minimum absolute atomic E-state index is 0.176. The largest absolute Gasteiger partial charge is 0.468 e. The maximum Gasteiger partial charge on any atom is 0.320 e. The molecule has 0 N–H and O–H groups in total. The average Bonchev–Trinajstić information content (AvgIpc) is 2.98. The maximum atomic E-state index is 12.2. The van der Waals surface area contributed by atoms with Gasteiger partial charge in [0.25, 0.3) is 0 Å². The van der Waals surface area contributed by atoms with Crippen LogP contribution in [0.5, 0.6) is 0 Å². The fraction of sp³-hybridized carbons (Fsp3) is 0.267. The lowest BCUT2D eigenvalue weighted by Gasteiger charge is -2.12. The Labute approximate surface area is 136 Å². The van der Waals surface area contributed by atoms with E-state index in [0.29, 0.717) is 9.80 Å².